The topological polar surface area (TPSA) is 29.9 Å². The summed E-state index contributed by atoms with van der Waals surface area (Å²) >= 11 is 3.09. The van der Waals surface area contributed by atoms with Crippen LogP contribution in [0.25, 0.3) is 0 Å². The van der Waals surface area contributed by atoms with Crippen molar-refractivity contribution in [3.63, 3.8) is 0 Å². The summed E-state index contributed by atoms with van der Waals surface area (Å²) < 4.78 is 30.4. The highest BCUT2D eigenvalue weighted by Gasteiger charge is 2.23. The minimum absolute atomic E-state index is 0.0192. The van der Waals surface area contributed by atoms with E-state index in [4.69, 9.17) is 0 Å². The lowest BCUT2D eigenvalue weighted by atomic mass is 10.0. The quantitative estimate of drug-likeness (QED) is 0.898. The molecule has 1 unspecified atom stereocenters. The summed E-state index contributed by atoms with van der Waals surface area (Å²) in [5.41, 5.74) is 0.763. The van der Waals surface area contributed by atoms with Gasteiger partial charge in [-0.05, 0) is 25.6 Å². The average Bonchev–Trinajstić information content (AvgIpc) is 2.85. The molecular weight excluding hydrogens is 328 g/mol. The first kappa shape index (κ1) is 15.1. The molecule has 2 rings (SSSR count). The maximum Gasteiger partial charge on any atom is 0.132 e. The standard InChI is InChI=1S/C14H16BrF2N3/c1-3-18-14(9-7-19-20(4-2)8-9)13-11(16)5-10(15)6-12(13)17/h5-8,14,18H,3-4H2,1-2H3. The largest absolute Gasteiger partial charge is 0.306 e. The summed E-state index contributed by atoms with van der Waals surface area (Å²) in [5, 5.41) is 7.27. The molecule has 0 spiro atoms. The van der Waals surface area contributed by atoms with Crippen LogP contribution in [-0.2, 0) is 6.54 Å². The second-order valence-corrected chi connectivity index (χ2v) is 5.32. The van der Waals surface area contributed by atoms with Crippen molar-refractivity contribution >= 4 is 15.9 Å². The second kappa shape index (κ2) is 6.45. The first-order chi connectivity index (χ1) is 9.56. The van der Waals surface area contributed by atoms with Gasteiger partial charge in [-0.3, -0.25) is 4.68 Å². The van der Waals surface area contributed by atoms with E-state index in [0.29, 0.717) is 17.6 Å². The Balaban J connectivity index is 2.48. The Morgan fingerprint density at radius 2 is 1.95 bits per heavy atom. The number of rotatable bonds is 5. The minimum Gasteiger partial charge on any atom is -0.306 e. The van der Waals surface area contributed by atoms with Gasteiger partial charge in [0.2, 0.25) is 0 Å². The van der Waals surface area contributed by atoms with Gasteiger partial charge in [-0.15, -0.1) is 0 Å². The lowest BCUT2D eigenvalue weighted by Gasteiger charge is -2.18. The molecule has 2 aromatic rings. The Bertz CT molecular complexity index is 575. The summed E-state index contributed by atoms with van der Waals surface area (Å²) in [6.07, 6.45) is 3.44. The van der Waals surface area contributed by atoms with E-state index in [9.17, 15) is 8.78 Å². The van der Waals surface area contributed by atoms with E-state index in [-0.39, 0.29) is 5.56 Å². The molecule has 0 aliphatic carbocycles. The van der Waals surface area contributed by atoms with Crippen LogP contribution in [0.5, 0.6) is 0 Å². The Labute approximate surface area is 125 Å². The molecule has 1 atom stereocenters. The van der Waals surface area contributed by atoms with Crippen LogP contribution >= 0.6 is 15.9 Å². The highest BCUT2D eigenvalue weighted by Crippen LogP contribution is 2.29. The van der Waals surface area contributed by atoms with Crippen LogP contribution in [0.4, 0.5) is 8.78 Å². The first-order valence-electron chi connectivity index (χ1n) is 6.47. The van der Waals surface area contributed by atoms with Crippen LogP contribution < -0.4 is 5.32 Å². The molecule has 1 heterocycles. The molecule has 0 saturated heterocycles. The number of halogens is 3. The van der Waals surface area contributed by atoms with Crippen molar-refractivity contribution in [2.24, 2.45) is 0 Å². The molecule has 1 N–H and O–H groups in total. The van der Waals surface area contributed by atoms with Crippen molar-refractivity contribution in [3.05, 3.63) is 51.8 Å². The molecular formula is C14H16BrF2N3. The van der Waals surface area contributed by atoms with Gasteiger partial charge in [0, 0.05) is 28.3 Å². The highest BCUT2D eigenvalue weighted by molar-refractivity contribution is 9.10. The fourth-order valence-electron chi connectivity index (χ4n) is 2.12. The minimum atomic E-state index is -0.577. The summed E-state index contributed by atoms with van der Waals surface area (Å²) in [5.74, 6) is -1.15. The second-order valence-electron chi connectivity index (χ2n) is 4.40. The number of hydrogen-bond donors (Lipinski definition) is 1. The van der Waals surface area contributed by atoms with Crippen molar-refractivity contribution < 1.29 is 8.78 Å². The van der Waals surface area contributed by atoms with E-state index in [2.05, 4.69) is 26.3 Å². The van der Waals surface area contributed by atoms with E-state index in [0.717, 1.165) is 5.56 Å². The van der Waals surface area contributed by atoms with Crippen molar-refractivity contribution in [1.29, 1.82) is 0 Å². The van der Waals surface area contributed by atoms with Crippen LogP contribution in [0.1, 0.15) is 31.0 Å². The maximum atomic E-state index is 14.1. The normalized spacial score (nSPS) is 12.7. The Hall–Kier alpha value is -1.27. The molecule has 0 saturated carbocycles. The molecule has 6 heteroatoms. The third-order valence-corrected chi connectivity index (χ3v) is 3.51. The lowest BCUT2D eigenvalue weighted by molar-refractivity contribution is 0.509. The number of hydrogen-bond acceptors (Lipinski definition) is 2. The van der Waals surface area contributed by atoms with E-state index in [1.165, 1.54) is 12.1 Å². The van der Waals surface area contributed by atoms with Crippen molar-refractivity contribution in [1.82, 2.24) is 15.1 Å². The van der Waals surface area contributed by atoms with E-state index in [1.807, 2.05) is 13.8 Å². The summed E-state index contributed by atoms with van der Waals surface area (Å²) in [6, 6.07) is 1.99. The Morgan fingerprint density at radius 3 is 2.45 bits per heavy atom. The summed E-state index contributed by atoms with van der Waals surface area (Å²) in [6.45, 7) is 5.16. The molecule has 0 aliphatic rings. The fraction of sp³-hybridized carbons (Fsp3) is 0.357. The van der Waals surface area contributed by atoms with Gasteiger partial charge in [0.15, 0.2) is 0 Å². The zero-order chi connectivity index (χ0) is 14.7. The molecule has 0 radical (unpaired) electrons. The number of aromatic nitrogens is 2. The van der Waals surface area contributed by atoms with Gasteiger partial charge < -0.3 is 5.32 Å². The molecule has 108 valence electrons. The molecule has 20 heavy (non-hydrogen) atoms. The molecule has 0 amide bonds. The monoisotopic (exact) mass is 343 g/mol. The molecule has 1 aromatic carbocycles. The predicted molar refractivity (Wildman–Crippen MR) is 77.5 cm³/mol. The average molecular weight is 344 g/mol. The van der Waals surface area contributed by atoms with Crippen LogP contribution in [0.15, 0.2) is 29.0 Å². The van der Waals surface area contributed by atoms with Crippen molar-refractivity contribution in [2.45, 2.75) is 26.4 Å². The molecule has 1 aromatic heterocycles. The first-order valence-corrected chi connectivity index (χ1v) is 7.26. The van der Waals surface area contributed by atoms with Crippen molar-refractivity contribution in [3.8, 4) is 0 Å². The zero-order valence-electron chi connectivity index (χ0n) is 11.3. The molecule has 0 aliphatic heterocycles. The van der Waals surface area contributed by atoms with Crippen LogP contribution in [0.3, 0.4) is 0 Å². The fourth-order valence-corrected chi connectivity index (χ4v) is 2.52. The van der Waals surface area contributed by atoms with Gasteiger partial charge >= 0.3 is 0 Å². The highest BCUT2D eigenvalue weighted by atomic mass is 79.9. The third-order valence-electron chi connectivity index (χ3n) is 3.05. The molecule has 3 nitrogen and oxygen atoms in total. The predicted octanol–water partition coefficient (Wildman–Crippen LogP) is 3.64. The molecule has 0 fully saturated rings. The number of benzene rings is 1. The Kier molecular flexibility index (Phi) is 4.88. The van der Waals surface area contributed by atoms with Crippen LogP contribution in [-0.4, -0.2) is 16.3 Å². The van der Waals surface area contributed by atoms with Gasteiger partial charge in [0.25, 0.3) is 0 Å². The third kappa shape index (κ3) is 3.07. The van der Waals surface area contributed by atoms with Crippen molar-refractivity contribution in [2.75, 3.05) is 6.54 Å². The van der Waals surface area contributed by atoms with Crippen LogP contribution in [0.2, 0.25) is 0 Å². The SMILES string of the molecule is CCNC(c1cnn(CC)c1)c1c(F)cc(Br)cc1F. The van der Waals surface area contributed by atoms with Gasteiger partial charge in [-0.2, -0.15) is 5.10 Å². The van der Waals surface area contributed by atoms with E-state index >= 15 is 0 Å². The van der Waals surface area contributed by atoms with Crippen LogP contribution in [0, 0.1) is 11.6 Å². The summed E-state index contributed by atoms with van der Waals surface area (Å²) in [7, 11) is 0. The number of aryl methyl sites for hydroxylation is 1. The van der Waals surface area contributed by atoms with E-state index < -0.39 is 17.7 Å². The zero-order valence-corrected chi connectivity index (χ0v) is 12.9. The molecule has 0 bridgehead atoms. The van der Waals surface area contributed by atoms with Gasteiger partial charge in [0.1, 0.15) is 11.6 Å². The number of nitrogens with one attached hydrogen (secondary N) is 1. The van der Waals surface area contributed by atoms with E-state index in [1.54, 1.807) is 17.1 Å². The smallest absolute Gasteiger partial charge is 0.132 e. The van der Waals surface area contributed by atoms with Gasteiger partial charge in [0.05, 0.1) is 12.2 Å². The lowest BCUT2D eigenvalue weighted by Crippen LogP contribution is -2.24. The number of nitrogens with zero attached hydrogens (tertiary/aromatic N) is 2. The maximum absolute atomic E-state index is 14.1. The van der Waals surface area contributed by atoms with Gasteiger partial charge in [-0.1, -0.05) is 22.9 Å². The van der Waals surface area contributed by atoms with Gasteiger partial charge in [-0.25, -0.2) is 8.78 Å². The Morgan fingerprint density at radius 1 is 1.30 bits per heavy atom. The summed E-state index contributed by atoms with van der Waals surface area (Å²) in [4.78, 5) is 0.